The van der Waals surface area contributed by atoms with Gasteiger partial charge in [-0.25, -0.2) is 0 Å². The van der Waals surface area contributed by atoms with Gasteiger partial charge in [-0.2, -0.15) is 0 Å². The van der Waals surface area contributed by atoms with Crippen LogP contribution < -0.4 is 24.8 Å². The van der Waals surface area contributed by atoms with Crippen molar-refractivity contribution in [3.05, 3.63) is 71.8 Å². The maximum absolute atomic E-state index is 12.2. The number of rotatable bonds is 12. The fourth-order valence-corrected chi connectivity index (χ4v) is 3.41. The first-order valence-electron chi connectivity index (χ1n) is 11.4. The number of carbonyl (C=O) groups is 3. The summed E-state index contributed by atoms with van der Waals surface area (Å²) in [5, 5.41) is 5.76. The summed E-state index contributed by atoms with van der Waals surface area (Å²) in [6, 6.07) is 18.9. The molecule has 3 aromatic carbocycles. The Morgan fingerprint density at radius 3 is 2.19 bits per heavy atom. The van der Waals surface area contributed by atoms with Gasteiger partial charge < -0.3 is 29.6 Å². The van der Waals surface area contributed by atoms with E-state index < -0.39 is 18.5 Å². The van der Waals surface area contributed by atoms with Crippen LogP contribution in [0.2, 0.25) is 5.02 Å². The summed E-state index contributed by atoms with van der Waals surface area (Å²) in [7, 11) is 3.03. The van der Waals surface area contributed by atoms with Crippen molar-refractivity contribution in [3.8, 4) is 23.0 Å². The molecule has 0 fully saturated rings. The van der Waals surface area contributed by atoms with Gasteiger partial charge in [-0.1, -0.05) is 23.7 Å². The van der Waals surface area contributed by atoms with Gasteiger partial charge in [0.2, 0.25) is 5.91 Å². The Morgan fingerprint density at radius 2 is 1.49 bits per heavy atom. The van der Waals surface area contributed by atoms with Crippen molar-refractivity contribution in [2.45, 2.75) is 19.3 Å². The molecule has 3 rings (SSSR count). The second-order valence-electron chi connectivity index (χ2n) is 7.73. The van der Waals surface area contributed by atoms with Crippen LogP contribution in [0, 0.1) is 0 Å². The molecule has 0 unspecified atom stereocenters. The molecule has 0 aliphatic heterocycles. The van der Waals surface area contributed by atoms with Crippen LogP contribution >= 0.6 is 11.6 Å². The number of ether oxygens (including phenoxy) is 4. The van der Waals surface area contributed by atoms with Gasteiger partial charge in [-0.05, 0) is 61.0 Å². The second kappa shape index (κ2) is 13.7. The third-order valence-electron chi connectivity index (χ3n) is 5.02. The number of nitrogens with one attached hydrogen (secondary N) is 2. The van der Waals surface area contributed by atoms with Crippen molar-refractivity contribution in [3.63, 3.8) is 0 Å². The van der Waals surface area contributed by atoms with Crippen molar-refractivity contribution in [1.82, 2.24) is 0 Å². The summed E-state index contributed by atoms with van der Waals surface area (Å²) in [5.74, 6) is 0.827. The maximum atomic E-state index is 12.2. The lowest BCUT2D eigenvalue weighted by Crippen LogP contribution is -2.21. The van der Waals surface area contributed by atoms with E-state index in [9.17, 15) is 14.4 Å². The number of benzene rings is 3. The predicted molar refractivity (Wildman–Crippen MR) is 140 cm³/mol. The van der Waals surface area contributed by atoms with E-state index >= 15 is 0 Å². The van der Waals surface area contributed by atoms with E-state index in [1.54, 1.807) is 55.6 Å². The average Bonchev–Trinajstić information content (AvgIpc) is 2.89. The summed E-state index contributed by atoms with van der Waals surface area (Å²) in [6.45, 7) is -0.468. The Hall–Kier alpha value is -4.24. The molecule has 10 heteroatoms. The van der Waals surface area contributed by atoms with Gasteiger partial charge in [0.25, 0.3) is 5.91 Å². The molecule has 0 bridgehead atoms. The summed E-state index contributed by atoms with van der Waals surface area (Å²) in [4.78, 5) is 36.2. The quantitative estimate of drug-likeness (QED) is 0.302. The number of methoxy groups -OCH3 is 2. The fraction of sp³-hybridized carbons (Fsp3) is 0.222. The van der Waals surface area contributed by atoms with Crippen molar-refractivity contribution in [1.29, 1.82) is 0 Å². The fourth-order valence-electron chi connectivity index (χ4n) is 3.24. The molecule has 0 spiro atoms. The zero-order chi connectivity index (χ0) is 26.6. The molecule has 0 saturated heterocycles. The highest BCUT2D eigenvalue weighted by Gasteiger charge is 2.12. The Labute approximate surface area is 219 Å². The van der Waals surface area contributed by atoms with Gasteiger partial charge in [0, 0.05) is 23.6 Å². The van der Waals surface area contributed by atoms with Crippen LogP contribution in [0.4, 0.5) is 11.4 Å². The van der Waals surface area contributed by atoms with Gasteiger partial charge in [-0.3, -0.25) is 14.4 Å². The largest absolute Gasteiger partial charge is 0.495 e. The van der Waals surface area contributed by atoms with Gasteiger partial charge in [0.1, 0.15) is 11.5 Å². The number of halogens is 1. The van der Waals surface area contributed by atoms with E-state index in [-0.39, 0.29) is 25.2 Å². The van der Waals surface area contributed by atoms with Gasteiger partial charge >= 0.3 is 5.97 Å². The minimum Gasteiger partial charge on any atom is -0.495 e. The Morgan fingerprint density at radius 1 is 0.784 bits per heavy atom. The Balaban J connectivity index is 1.36. The van der Waals surface area contributed by atoms with Crippen LogP contribution in [0.1, 0.15) is 19.3 Å². The van der Waals surface area contributed by atoms with Crippen molar-refractivity contribution < 1.29 is 33.3 Å². The molecular formula is C27H27ClN2O7. The van der Waals surface area contributed by atoms with Crippen molar-refractivity contribution >= 4 is 40.8 Å². The van der Waals surface area contributed by atoms with E-state index in [1.165, 1.54) is 13.2 Å². The van der Waals surface area contributed by atoms with Crippen molar-refractivity contribution in [2.24, 2.45) is 0 Å². The first-order valence-corrected chi connectivity index (χ1v) is 11.8. The lowest BCUT2D eigenvalue weighted by Gasteiger charge is -2.11. The van der Waals surface area contributed by atoms with E-state index in [0.717, 1.165) is 0 Å². The number of hydrogen-bond acceptors (Lipinski definition) is 7. The SMILES string of the molecule is COc1ccc(Cl)cc1NC(=O)COC(=O)CCCC(=O)Nc1ccc(Oc2ccccc2OC)cc1. The predicted octanol–water partition coefficient (Wildman–Crippen LogP) is 5.44. The monoisotopic (exact) mass is 526 g/mol. The van der Waals surface area contributed by atoms with Crippen LogP contribution in [0.5, 0.6) is 23.0 Å². The highest BCUT2D eigenvalue weighted by Crippen LogP contribution is 2.31. The molecule has 194 valence electrons. The minimum absolute atomic E-state index is 0.00707. The summed E-state index contributed by atoms with van der Waals surface area (Å²) in [6.07, 6.45) is 0.372. The van der Waals surface area contributed by atoms with Crippen LogP contribution in [0.15, 0.2) is 66.7 Å². The molecule has 0 aliphatic rings. The first-order chi connectivity index (χ1) is 17.9. The molecule has 0 aliphatic carbocycles. The lowest BCUT2D eigenvalue weighted by atomic mass is 10.2. The molecule has 0 atom stereocenters. The Kier molecular flexibility index (Phi) is 10.2. The van der Waals surface area contributed by atoms with E-state index in [1.807, 2.05) is 12.1 Å². The van der Waals surface area contributed by atoms with Crippen molar-refractivity contribution in [2.75, 3.05) is 31.5 Å². The molecule has 2 amide bonds. The van der Waals surface area contributed by atoms with Gasteiger partial charge in [0.15, 0.2) is 18.1 Å². The number of esters is 1. The molecule has 0 aromatic heterocycles. The van der Waals surface area contributed by atoms with Crippen LogP contribution in [0.3, 0.4) is 0 Å². The molecular weight excluding hydrogens is 500 g/mol. The zero-order valence-corrected chi connectivity index (χ0v) is 21.2. The highest BCUT2D eigenvalue weighted by molar-refractivity contribution is 6.31. The molecule has 2 N–H and O–H groups in total. The topological polar surface area (TPSA) is 112 Å². The molecule has 0 radical (unpaired) electrons. The number of carbonyl (C=O) groups excluding carboxylic acids is 3. The average molecular weight is 527 g/mol. The van der Waals surface area contributed by atoms with Crippen LogP contribution in [0.25, 0.3) is 0 Å². The number of amides is 2. The zero-order valence-electron chi connectivity index (χ0n) is 20.4. The van der Waals surface area contributed by atoms with Gasteiger partial charge in [0.05, 0.1) is 19.9 Å². The lowest BCUT2D eigenvalue weighted by molar-refractivity contribution is -0.147. The van der Waals surface area contributed by atoms with Gasteiger partial charge in [-0.15, -0.1) is 0 Å². The molecule has 9 nitrogen and oxygen atoms in total. The summed E-state index contributed by atoms with van der Waals surface area (Å²) in [5.41, 5.74) is 0.958. The number of anilines is 2. The number of hydrogen-bond donors (Lipinski definition) is 2. The smallest absolute Gasteiger partial charge is 0.306 e. The minimum atomic E-state index is -0.584. The number of para-hydroxylation sites is 2. The van der Waals surface area contributed by atoms with E-state index in [2.05, 4.69) is 10.6 Å². The van der Waals surface area contributed by atoms with Crippen LogP contribution in [-0.4, -0.2) is 38.6 Å². The summed E-state index contributed by atoms with van der Waals surface area (Å²) < 4.78 is 21.2. The molecule has 3 aromatic rings. The highest BCUT2D eigenvalue weighted by atomic mass is 35.5. The Bertz CT molecular complexity index is 1230. The second-order valence-corrected chi connectivity index (χ2v) is 8.17. The third-order valence-corrected chi connectivity index (χ3v) is 5.25. The van der Waals surface area contributed by atoms with E-state index in [0.29, 0.717) is 39.4 Å². The molecule has 0 saturated carbocycles. The first kappa shape index (κ1) is 27.3. The van der Waals surface area contributed by atoms with E-state index in [4.69, 9.17) is 30.5 Å². The standard InChI is InChI=1S/C27H27ClN2O7/c1-34-22-15-10-18(28)16-21(22)30-26(32)17-36-27(33)9-5-8-25(31)29-19-11-13-20(14-12-19)37-24-7-4-3-6-23(24)35-2/h3-4,6-7,10-16H,5,8-9,17H2,1-2H3,(H,29,31)(H,30,32). The third kappa shape index (κ3) is 8.73. The van der Waals surface area contributed by atoms with Crippen LogP contribution in [-0.2, 0) is 19.1 Å². The summed E-state index contributed by atoms with van der Waals surface area (Å²) >= 11 is 5.93. The maximum Gasteiger partial charge on any atom is 0.306 e. The molecule has 37 heavy (non-hydrogen) atoms. The normalized spacial score (nSPS) is 10.2. The molecule has 0 heterocycles.